The van der Waals surface area contributed by atoms with Crippen LogP contribution in [-0.4, -0.2) is 30.6 Å². The molecule has 1 aromatic heterocycles. The van der Waals surface area contributed by atoms with Gasteiger partial charge in [0.2, 0.25) is 0 Å². The third-order valence-electron chi connectivity index (χ3n) is 4.13. The fourth-order valence-corrected chi connectivity index (χ4v) is 2.68. The molecule has 0 saturated heterocycles. The van der Waals surface area contributed by atoms with E-state index in [0.29, 0.717) is 35.1 Å². The summed E-state index contributed by atoms with van der Waals surface area (Å²) in [5, 5.41) is 11.3. The number of amides is 3. The summed E-state index contributed by atoms with van der Waals surface area (Å²) in [5.74, 6) is 0.679. The largest absolute Gasteiger partial charge is 0.497 e. The lowest BCUT2D eigenvalue weighted by Crippen LogP contribution is -2.28. The van der Waals surface area contributed by atoms with Crippen molar-refractivity contribution in [1.29, 1.82) is 0 Å². The van der Waals surface area contributed by atoms with Gasteiger partial charge in [-0.05, 0) is 43.3 Å². The van der Waals surface area contributed by atoms with Gasteiger partial charge in [-0.2, -0.15) is 0 Å². The molecule has 0 aliphatic carbocycles. The van der Waals surface area contributed by atoms with E-state index in [9.17, 15) is 9.59 Å². The van der Waals surface area contributed by atoms with Gasteiger partial charge in [0.05, 0.1) is 18.4 Å². The zero-order valence-electron chi connectivity index (χ0n) is 16.7. The molecule has 1 heterocycles. The first-order valence-corrected chi connectivity index (χ1v) is 9.41. The van der Waals surface area contributed by atoms with Crippen molar-refractivity contribution in [3.8, 4) is 5.75 Å². The first-order valence-electron chi connectivity index (χ1n) is 9.41. The molecule has 3 aromatic rings. The summed E-state index contributed by atoms with van der Waals surface area (Å²) in [4.78, 5) is 28.9. The van der Waals surface area contributed by atoms with Crippen LogP contribution >= 0.6 is 0 Å². The number of carbonyl (C=O) groups excluding carboxylic acids is 2. The predicted molar refractivity (Wildman–Crippen MR) is 118 cm³/mol. The second-order valence-corrected chi connectivity index (χ2v) is 6.27. The molecule has 0 aliphatic rings. The summed E-state index contributed by atoms with van der Waals surface area (Å²) in [6.07, 6.45) is 1.42. The summed E-state index contributed by atoms with van der Waals surface area (Å²) in [6, 6.07) is 17.7. The molecule has 0 radical (unpaired) electrons. The monoisotopic (exact) mass is 405 g/mol. The highest BCUT2D eigenvalue weighted by molar-refractivity contribution is 6.08. The fourth-order valence-electron chi connectivity index (χ4n) is 2.68. The van der Waals surface area contributed by atoms with Crippen molar-refractivity contribution in [1.82, 2.24) is 10.3 Å². The number of nitrogens with one attached hydrogen (secondary N) is 4. The van der Waals surface area contributed by atoms with Crippen molar-refractivity contribution < 1.29 is 14.3 Å². The van der Waals surface area contributed by atoms with Crippen LogP contribution in [0.3, 0.4) is 0 Å². The van der Waals surface area contributed by atoms with Gasteiger partial charge in [0.15, 0.2) is 0 Å². The van der Waals surface area contributed by atoms with Crippen molar-refractivity contribution >= 4 is 34.8 Å². The third-order valence-corrected chi connectivity index (χ3v) is 4.13. The molecular formula is C22H23N5O3. The van der Waals surface area contributed by atoms with Crippen LogP contribution in [-0.2, 0) is 0 Å². The predicted octanol–water partition coefficient (Wildman–Crippen LogP) is 4.23. The highest BCUT2D eigenvalue weighted by atomic mass is 16.5. The molecule has 30 heavy (non-hydrogen) atoms. The Labute approximate surface area is 174 Å². The Morgan fingerprint density at radius 1 is 0.967 bits per heavy atom. The normalized spacial score (nSPS) is 10.1. The topological polar surface area (TPSA) is 104 Å². The number of anilines is 4. The smallest absolute Gasteiger partial charge is 0.320 e. The van der Waals surface area contributed by atoms with Crippen molar-refractivity contribution in [2.24, 2.45) is 0 Å². The number of ether oxygens (including phenoxy) is 1. The molecule has 3 rings (SSSR count). The standard InChI is InChI=1S/C22H23N5O3/c1-3-23-22(29)27-20-13-19(25-15-7-5-4-6-8-15)18(14-24-20)21(28)26-16-9-11-17(30-2)12-10-16/h4-14H,3H2,1-2H3,(H,26,28)(H3,23,24,25,27,29). The molecule has 0 aliphatic heterocycles. The molecule has 0 fully saturated rings. The SMILES string of the molecule is CCNC(=O)Nc1cc(Nc2ccccc2)c(C(=O)Nc2ccc(OC)cc2)cn1. The molecule has 0 atom stereocenters. The van der Waals surface area contributed by atoms with E-state index in [1.165, 1.54) is 6.20 Å². The van der Waals surface area contributed by atoms with Crippen LogP contribution in [0.2, 0.25) is 0 Å². The van der Waals surface area contributed by atoms with Crippen molar-refractivity contribution in [2.75, 3.05) is 29.6 Å². The Bertz CT molecular complexity index is 1010. The minimum absolute atomic E-state index is 0.320. The van der Waals surface area contributed by atoms with Crippen LogP contribution in [0.4, 0.5) is 27.7 Å². The second kappa shape index (κ2) is 9.92. The average Bonchev–Trinajstić information content (AvgIpc) is 2.75. The van der Waals surface area contributed by atoms with Crippen LogP contribution in [0, 0.1) is 0 Å². The van der Waals surface area contributed by atoms with Gasteiger partial charge in [0, 0.05) is 30.2 Å². The van der Waals surface area contributed by atoms with Crippen molar-refractivity contribution in [2.45, 2.75) is 6.92 Å². The molecule has 3 amide bonds. The maximum atomic E-state index is 12.9. The molecule has 154 valence electrons. The van der Waals surface area contributed by atoms with Gasteiger partial charge in [-0.3, -0.25) is 10.1 Å². The number of hydrogen-bond donors (Lipinski definition) is 4. The summed E-state index contributed by atoms with van der Waals surface area (Å²) in [7, 11) is 1.58. The molecular weight excluding hydrogens is 382 g/mol. The highest BCUT2D eigenvalue weighted by Crippen LogP contribution is 2.25. The van der Waals surface area contributed by atoms with Gasteiger partial charge < -0.3 is 20.7 Å². The lowest BCUT2D eigenvalue weighted by molar-refractivity contribution is 0.102. The number of nitrogens with zero attached hydrogens (tertiary/aromatic N) is 1. The first-order chi connectivity index (χ1) is 14.6. The van der Waals surface area contributed by atoms with E-state index >= 15 is 0 Å². The number of hydrogen-bond acceptors (Lipinski definition) is 5. The van der Waals surface area contributed by atoms with Gasteiger partial charge >= 0.3 is 6.03 Å². The fraction of sp³-hybridized carbons (Fsp3) is 0.136. The number of para-hydroxylation sites is 1. The number of methoxy groups -OCH3 is 1. The van der Waals surface area contributed by atoms with E-state index in [2.05, 4.69) is 26.3 Å². The molecule has 2 aromatic carbocycles. The van der Waals surface area contributed by atoms with Gasteiger partial charge in [-0.25, -0.2) is 9.78 Å². The number of carbonyl (C=O) groups is 2. The Hall–Kier alpha value is -4.07. The first kappa shape index (κ1) is 20.7. The molecule has 0 spiro atoms. The molecule has 0 bridgehead atoms. The Balaban J connectivity index is 1.86. The summed E-state index contributed by atoms with van der Waals surface area (Å²) in [5.41, 5.74) is 2.26. The van der Waals surface area contributed by atoms with Crippen LogP contribution < -0.4 is 26.0 Å². The molecule has 0 saturated carbocycles. The Kier molecular flexibility index (Phi) is 6.83. The number of benzene rings is 2. The van der Waals surface area contributed by atoms with Crippen LogP contribution in [0.5, 0.6) is 5.75 Å². The van der Waals surface area contributed by atoms with Crippen LogP contribution in [0.1, 0.15) is 17.3 Å². The lowest BCUT2D eigenvalue weighted by atomic mass is 10.2. The summed E-state index contributed by atoms with van der Waals surface area (Å²) < 4.78 is 5.13. The van der Waals surface area contributed by atoms with Crippen molar-refractivity contribution in [3.63, 3.8) is 0 Å². The molecule has 0 unspecified atom stereocenters. The molecule has 8 nitrogen and oxygen atoms in total. The van der Waals surface area contributed by atoms with Crippen LogP contribution in [0.25, 0.3) is 0 Å². The number of aromatic nitrogens is 1. The van der Waals surface area contributed by atoms with E-state index < -0.39 is 0 Å². The van der Waals surface area contributed by atoms with Gasteiger partial charge in [0.1, 0.15) is 11.6 Å². The van der Waals surface area contributed by atoms with Gasteiger partial charge in [-0.1, -0.05) is 18.2 Å². The highest BCUT2D eigenvalue weighted by Gasteiger charge is 2.15. The zero-order chi connectivity index (χ0) is 21.3. The summed E-state index contributed by atoms with van der Waals surface area (Å²) in [6.45, 7) is 2.31. The maximum Gasteiger partial charge on any atom is 0.320 e. The van der Waals surface area contributed by atoms with E-state index in [-0.39, 0.29) is 11.9 Å². The average molecular weight is 405 g/mol. The summed E-state index contributed by atoms with van der Waals surface area (Å²) >= 11 is 0. The maximum absolute atomic E-state index is 12.9. The number of urea groups is 1. The minimum Gasteiger partial charge on any atom is -0.497 e. The van der Waals surface area contributed by atoms with Gasteiger partial charge in [-0.15, -0.1) is 0 Å². The van der Waals surface area contributed by atoms with Crippen molar-refractivity contribution in [3.05, 3.63) is 72.4 Å². The third kappa shape index (κ3) is 5.48. The van der Waals surface area contributed by atoms with Gasteiger partial charge in [0.25, 0.3) is 5.91 Å². The minimum atomic E-state index is -0.369. The van der Waals surface area contributed by atoms with Crippen LogP contribution in [0.15, 0.2) is 66.9 Å². The quantitative estimate of drug-likeness (QED) is 0.471. The van der Waals surface area contributed by atoms with E-state index in [1.54, 1.807) is 37.4 Å². The molecule has 4 N–H and O–H groups in total. The lowest BCUT2D eigenvalue weighted by Gasteiger charge is -2.14. The Morgan fingerprint density at radius 3 is 2.37 bits per heavy atom. The van der Waals surface area contributed by atoms with E-state index in [1.807, 2.05) is 37.3 Å². The number of pyridine rings is 1. The second-order valence-electron chi connectivity index (χ2n) is 6.27. The zero-order valence-corrected chi connectivity index (χ0v) is 16.7. The number of rotatable bonds is 7. The van der Waals surface area contributed by atoms with E-state index in [0.717, 1.165) is 5.69 Å². The molecule has 8 heteroatoms. The Morgan fingerprint density at radius 2 is 1.70 bits per heavy atom. The van der Waals surface area contributed by atoms with E-state index in [4.69, 9.17) is 4.74 Å².